The highest BCUT2D eigenvalue weighted by molar-refractivity contribution is 6.31. The van der Waals surface area contributed by atoms with Crippen LogP contribution in [0, 0.1) is 0 Å². The van der Waals surface area contributed by atoms with E-state index in [9.17, 15) is 4.79 Å². The number of carbonyl (C=O) groups is 1. The van der Waals surface area contributed by atoms with E-state index in [2.05, 4.69) is 11.6 Å². The Bertz CT molecular complexity index is 596. The summed E-state index contributed by atoms with van der Waals surface area (Å²) in [5, 5.41) is 1.55. The lowest BCUT2D eigenvalue weighted by Crippen LogP contribution is -2.15. The second-order valence-corrected chi connectivity index (χ2v) is 5.08. The first-order chi connectivity index (χ1) is 7.99. The zero-order valence-corrected chi connectivity index (χ0v) is 10.6. The van der Waals surface area contributed by atoms with Crippen molar-refractivity contribution in [3.63, 3.8) is 0 Å². The molecule has 1 N–H and O–H groups in total. The van der Waals surface area contributed by atoms with E-state index in [0.717, 1.165) is 22.9 Å². The van der Waals surface area contributed by atoms with Crippen LogP contribution in [0.1, 0.15) is 29.9 Å². The number of nitrogens with one attached hydrogen (secondary N) is 1. The number of hydrogen-bond acceptors (Lipinski definition) is 1. The van der Waals surface area contributed by atoms with Gasteiger partial charge in [-0.05, 0) is 12.1 Å². The summed E-state index contributed by atoms with van der Waals surface area (Å²) in [6.45, 7) is 7.84. The molecule has 0 spiro atoms. The quantitative estimate of drug-likeness (QED) is 0.643. The van der Waals surface area contributed by atoms with Crippen molar-refractivity contribution in [3.05, 3.63) is 47.1 Å². The highest BCUT2D eigenvalue weighted by Crippen LogP contribution is 2.32. The number of H-pyrrole nitrogens is 1. The first kappa shape index (κ1) is 11.9. The monoisotopic (exact) mass is 247 g/mol. The van der Waals surface area contributed by atoms with Gasteiger partial charge < -0.3 is 4.98 Å². The number of rotatable bonds is 3. The summed E-state index contributed by atoms with van der Waals surface area (Å²) >= 11 is 5.94. The molecular formula is C14H14ClNO. The number of aldehydes is 1. The second kappa shape index (κ2) is 4.04. The summed E-state index contributed by atoms with van der Waals surface area (Å²) in [7, 11) is 0. The number of aromatic amines is 1. The van der Waals surface area contributed by atoms with Gasteiger partial charge in [-0.2, -0.15) is 0 Å². The normalized spacial score (nSPS) is 11.7. The number of allylic oxidation sites excluding steroid dienone is 1. The average Bonchev–Trinajstić information content (AvgIpc) is 2.67. The van der Waals surface area contributed by atoms with E-state index in [0.29, 0.717) is 10.6 Å². The molecule has 0 saturated heterocycles. The third-order valence-electron chi connectivity index (χ3n) is 3.07. The minimum Gasteiger partial charge on any atom is -0.357 e. The van der Waals surface area contributed by atoms with Crippen molar-refractivity contribution >= 4 is 28.8 Å². The minimum atomic E-state index is -0.276. The lowest BCUT2D eigenvalue weighted by atomic mass is 9.87. The van der Waals surface area contributed by atoms with Crippen molar-refractivity contribution in [2.24, 2.45) is 0 Å². The number of carbonyl (C=O) groups excluding carboxylic acids is 1. The second-order valence-electron chi connectivity index (χ2n) is 4.65. The van der Waals surface area contributed by atoms with E-state index < -0.39 is 0 Å². The fourth-order valence-corrected chi connectivity index (χ4v) is 2.10. The van der Waals surface area contributed by atoms with Crippen LogP contribution in [0.3, 0.4) is 0 Å². The van der Waals surface area contributed by atoms with Crippen molar-refractivity contribution in [1.29, 1.82) is 0 Å². The van der Waals surface area contributed by atoms with Gasteiger partial charge in [0, 0.05) is 32.6 Å². The predicted octanol–water partition coefficient (Wildman–Crippen LogP) is 4.10. The summed E-state index contributed by atoms with van der Waals surface area (Å²) in [5.41, 5.74) is 2.16. The van der Waals surface area contributed by atoms with E-state index in [1.54, 1.807) is 6.07 Å². The first-order valence-corrected chi connectivity index (χ1v) is 5.78. The fraction of sp³-hybridized carbons (Fsp3) is 0.214. The first-order valence-electron chi connectivity index (χ1n) is 5.40. The van der Waals surface area contributed by atoms with E-state index in [1.807, 2.05) is 32.1 Å². The fourth-order valence-electron chi connectivity index (χ4n) is 1.92. The van der Waals surface area contributed by atoms with Gasteiger partial charge in [0.05, 0.1) is 0 Å². The molecule has 2 nitrogen and oxygen atoms in total. The van der Waals surface area contributed by atoms with Crippen LogP contribution >= 0.6 is 11.6 Å². The molecule has 0 radical (unpaired) electrons. The van der Waals surface area contributed by atoms with E-state index in [4.69, 9.17) is 11.6 Å². The Labute approximate surface area is 105 Å². The molecule has 0 atom stereocenters. The number of benzene rings is 1. The zero-order chi connectivity index (χ0) is 12.6. The third-order valence-corrected chi connectivity index (χ3v) is 3.31. The molecule has 0 aliphatic carbocycles. The lowest BCUT2D eigenvalue weighted by molar-refractivity contribution is 0.112. The van der Waals surface area contributed by atoms with Crippen LogP contribution in [0.15, 0.2) is 30.9 Å². The molecular weight excluding hydrogens is 234 g/mol. The third kappa shape index (κ3) is 1.89. The van der Waals surface area contributed by atoms with Crippen LogP contribution in [0.5, 0.6) is 0 Å². The molecule has 0 amide bonds. The standard InChI is InChI=1S/C14H14ClNO/c1-4-14(2,3)13-11(8-17)10-6-5-9(15)7-12(10)16-13/h4-8,16H,1H2,2-3H3. The Morgan fingerprint density at radius 2 is 2.12 bits per heavy atom. The van der Waals surface area contributed by atoms with Crippen LogP contribution in [-0.2, 0) is 5.41 Å². The van der Waals surface area contributed by atoms with Gasteiger partial charge >= 0.3 is 0 Å². The number of halogens is 1. The molecule has 0 saturated carbocycles. The minimum absolute atomic E-state index is 0.276. The summed E-state index contributed by atoms with van der Waals surface area (Å²) in [6, 6.07) is 5.47. The molecule has 3 heteroatoms. The summed E-state index contributed by atoms with van der Waals surface area (Å²) in [5.74, 6) is 0. The predicted molar refractivity (Wildman–Crippen MR) is 71.9 cm³/mol. The van der Waals surface area contributed by atoms with Crippen molar-refractivity contribution < 1.29 is 4.79 Å². The van der Waals surface area contributed by atoms with Crippen LogP contribution in [0.2, 0.25) is 5.02 Å². The molecule has 1 aromatic heterocycles. The number of fused-ring (bicyclic) bond motifs is 1. The summed E-state index contributed by atoms with van der Waals surface area (Å²) in [4.78, 5) is 14.5. The van der Waals surface area contributed by atoms with Crippen molar-refractivity contribution in [2.45, 2.75) is 19.3 Å². The zero-order valence-electron chi connectivity index (χ0n) is 9.88. The van der Waals surface area contributed by atoms with Gasteiger partial charge in [0.2, 0.25) is 0 Å². The Hall–Kier alpha value is -1.54. The Morgan fingerprint density at radius 1 is 1.41 bits per heavy atom. The topological polar surface area (TPSA) is 32.9 Å². The molecule has 0 fully saturated rings. The largest absolute Gasteiger partial charge is 0.357 e. The molecule has 0 aliphatic heterocycles. The Balaban J connectivity index is 2.80. The van der Waals surface area contributed by atoms with Crippen LogP contribution < -0.4 is 0 Å². The number of aromatic nitrogens is 1. The van der Waals surface area contributed by atoms with E-state index in [-0.39, 0.29) is 5.41 Å². The van der Waals surface area contributed by atoms with Gasteiger partial charge in [0.15, 0.2) is 6.29 Å². The molecule has 88 valence electrons. The maximum Gasteiger partial charge on any atom is 0.152 e. The van der Waals surface area contributed by atoms with Crippen LogP contribution in [-0.4, -0.2) is 11.3 Å². The van der Waals surface area contributed by atoms with Crippen LogP contribution in [0.25, 0.3) is 10.9 Å². The highest BCUT2D eigenvalue weighted by Gasteiger charge is 2.23. The van der Waals surface area contributed by atoms with Crippen molar-refractivity contribution in [3.8, 4) is 0 Å². The van der Waals surface area contributed by atoms with Crippen molar-refractivity contribution in [1.82, 2.24) is 4.98 Å². The van der Waals surface area contributed by atoms with Gasteiger partial charge in [-0.15, -0.1) is 6.58 Å². The molecule has 2 rings (SSSR count). The van der Waals surface area contributed by atoms with Gasteiger partial charge in [-0.3, -0.25) is 4.79 Å². The SMILES string of the molecule is C=CC(C)(C)c1[nH]c2cc(Cl)ccc2c1C=O. The van der Waals surface area contributed by atoms with Gasteiger partial charge in [0.1, 0.15) is 0 Å². The molecule has 17 heavy (non-hydrogen) atoms. The average molecular weight is 248 g/mol. The Kier molecular flexibility index (Phi) is 2.84. The van der Waals surface area contributed by atoms with Gasteiger partial charge in [-0.25, -0.2) is 0 Å². The molecule has 2 aromatic rings. The maximum atomic E-state index is 11.3. The number of hydrogen-bond donors (Lipinski definition) is 1. The summed E-state index contributed by atoms with van der Waals surface area (Å²) in [6.07, 6.45) is 2.71. The summed E-state index contributed by atoms with van der Waals surface area (Å²) < 4.78 is 0. The smallest absolute Gasteiger partial charge is 0.152 e. The molecule has 1 heterocycles. The van der Waals surface area contributed by atoms with Crippen LogP contribution in [0.4, 0.5) is 0 Å². The lowest BCUT2D eigenvalue weighted by Gasteiger charge is -2.19. The van der Waals surface area contributed by atoms with Gasteiger partial charge in [-0.1, -0.05) is 37.6 Å². The van der Waals surface area contributed by atoms with E-state index in [1.165, 1.54) is 0 Å². The highest BCUT2D eigenvalue weighted by atomic mass is 35.5. The molecule has 0 bridgehead atoms. The maximum absolute atomic E-state index is 11.3. The van der Waals surface area contributed by atoms with Gasteiger partial charge in [0.25, 0.3) is 0 Å². The van der Waals surface area contributed by atoms with E-state index >= 15 is 0 Å². The molecule has 1 aromatic carbocycles. The molecule has 0 aliphatic rings. The Morgan fingerprint density at radius 3 is 2.71 bits per heavy atom. The van der Waals surface area contributed by atoms with Crippen molar-refractivity contribution in [2.75, 3.05) is 0 Å². The molecule has 0 unspecified atom stereocenters.